The molecular weight excluding hydrogens is 180 g/mol. The lowest BCUT2D eigenvalue weighted by Gasteiger charge is -2.03. The number of unbranched alkanes of at least 4 members (excludes halogenated alkanes) is 6. The minimum Gasteiger partial charge on any atom is -0.118 e. The number of alkyl halides is 1. The van der Waals surface area contributed by atoms with E-state index in [0.717, 1.165) is 6.42 Å². The molecule has 0 N–H and O–H groups in total. The van der Waals surface area contributed by atoms with E-state index in [4.69, 9.17) is 11.6 Å². The van der Waals surface area contributed by atoms with Crippen LogP contribution >= 0.6 is 11.6 Å². The quantitative estimate of drug-likeness (QED) is 0.283. The Hall–Kier alpha value is 0.0300. The maximum atomic E-state index is 5.91. The van der Waals surface area contributed by atoms with Crippen LogP contribution in [0, 0.1) is 0 Å². The van der Waals surface area contributed by atoms with E-state index in [1.807, 2.05) is 6.08 Å². The summed E-state index contributed by atoms with van der Waals surface area (Å²) in [6, 6.07) is 0. The summed E-state index contributed by atoms with van der Waals surface area (Å²) in [6.45, 7) is 5.92. The normalized spacial score (nSPS) is 12.8. The molecule has 0 nitrogen and oxygen atoms in total. The average Bonchev–Trinajstić information content (AvgIpc) is 2.16. The minimum atomic E-state index is 0.190. The first-order valence-corrected chi connectivity index (χ1v) is 6.01. The number of hydrogen-bond donors (Lipinski definition) is 0. The van der Waals surface area contributed by atoms with Gasteiger partial charge in [0.1, 0.15) is 0 Å². The predicted octanol–water partition coefficient (Wildman–Crippen LogP) is 4.92. The highest BCUT2D eigenvalue weighted by Crippen LogP contribution is 2.12. The summed E-state index contributed by atoms with van der Waals surface area (Å²) in [5, 5.41) is 0.190. The van der Waals surface area contributed by atoms with Crippen molar-refractivity contribution in [2.75, 3.05) is 0 Å². The van der Waals surface area contributed by atoms with Crippen LogP contribution in [0.2, 0.25) is 0 Å². The van der Waals surface area contributed by atoms with E-state index >= 15 is 0 Å². The molecule has 0 aromatic heterocycles. The second kappa shape index (κ2) is 10.1. The Kier molecular flexibility index (Phi) is 10.1. The molecule has 0 aliphatic rings. The lowest BCUT2D eigenvalue weighted by molar-refractivity contribution is 0.579. The lowest BCUT2D eigenvalue weighted by atomic mass is 10.1. The molecule has 0 heterocycles. The Balaban J connectivity index is 2.95. The van der Waals surface area contributed by atoms with Gasteiger partial charge in [-0.05, 0) is 6.42 Å². The highest BCUT2D eigenvalue weighted by atomic mass is 35.5. The van der Waals surface area contributed by atoms with E-state index in [-0.39, 0.29) is 5.38 Å². The summed E-state index contributed by atoms with van der Waals surface area (Å²) in [6.07, 6.45) is 12.4. The molecule has 78 valence electrons. The van der Waals surface area contributed by atoms with E-state index in [0.29, 0.717) is 0 Å². The molecule has 0 aliphatic carbocycles. The molecule has 0 aromatic carbocycles. The molecule has 0 aromatic rings. The molecule has 0 saturated heterocycles. The Bertz CT molecular complexity index is 110. The van der Waals surface area contributed by atoms with Crippen molar-refractivity contribution in [2.45, 2.75) is 63.7 Å². The topological polar surface area (TPSA) is 0 Å². The fourth-order valence-corrected chi connectivity index (χ4v) is 1.57. The first kappa shape index (κ1) is 13.0. The molecule has 0 bridgehead atoms. The standard InChI is InChI=1S/C12H23Cl/c1-3-5-6-7-8-9-10-11-12(13)4-2/h4,12H,2-3,5-11H2,1H3. The predicted molar refractivity (Wildman–Crippen MR) is 62.4 cm³/mol. The van der Waals surface area contributed by atoms with Gasteiger partial charge >= 0.3 is 0 Å². The van der Waals surface area contributed by atoms with Crippen LogP contribution in [0.4, 0.5) is 0 Å². The van der Waals surface area contributed by atoms with Crippen molar-refractivity contribution >= 4 is 11.6 Å². The zero-order valence-corrected chi connectivity index (χ0v) is 9.65. The van der Waals surface area contributed by atoms with Crippen LogP contribution in [0.15, 0.2) is 12.7 Å². The molecule has 0 rings (SSSR count). The van der Waals surface area contributed by atoms with Crippen molar-refractivity contribution in [3.63, 3.8) is 0 Å². The zero-order valence-electron chi connectivity index (χ0n) is 8.90. The molecule has 1 atom stereocenters. The molecule has 1 unspecified atom stereocenters. The molecular formula is C12H23Cl. The molecule has 0 saturated carbocycles. The molecule has 0 fully saturated rings. The van der Waals surface area contributed by atoms with Gasteiger partial charge in [0.05, 0.1) is 5.38 Å². The molecule has 0 amide bonds. The van der Waals surface area contributed by atoms with Crippen molar-refractivity contribution in [3.05, 3.63) is 12.7 Å². The van der Waals surface area contributed by atoms with Crippen molar-refractivity contribution in [3.8, 4) is 0 Å². The summed E-state index contributed by atoms with van der Waals surface area (Å²) in [7, 11) is 0. The van der Waals surface area contributed by atoms with Crippen LogP contribution in [0.1, 0.15) is 58.3 Å². The van der Waals surface area contributed by atoms with E-state index < -0.39 is 0 Å². The Morgan fingerprint density at radius 3 is 2.15 bits per heavy atom. The third-order valence-electron chi connectivity index (χ3n) is 2.34. The smallest absolute Gasteiger partial charge is 0.0513 e. The lowest BCUT2D eigenvalue weighted by Crippen LogP contribution is -1.91. The van der Waals surface area contributed by atoms with E-state index in [1.54, 1.807) is 0 Å². The van der Waals surface area contributed by atoms with Crippen LogP contribution in [-0.2, 0) is 0 Å². The van der Waals surface area contributed by atoms with Crippen LogP contribution < -0.4 is 0 Å². The Morgan fingerprint density at radius 2 is 1.62 bits per heavy atom. The van der Waals surface area contributed by atoms with Gasteiger partial charge in [-0.3, -0.25) is 0 Å². The fraction of sp³-hybridized carbons (Fsp3) is 0.833. The van der Waals surface area contributed by atoms with Gasteiger partial charge in [0, 0.05) is 0 Å². The summed E-state index contributed by atoms with van der Waals surface area (Å²) < 4.78 is 0. The van der Waals surface area contributed by atoms with Crippen LogP contribution in [0.25, 0.3) is 0 Å². The monoisotopic (exact) mass is 202 g/mol. The molecule has 1 heteroatoms. The van der Waals surface area contributed by atoms with Gasteiger partial charge < -0.3 is 0 Å². The summed E-state index contributed by atoms with van der Waals surface area (Å²) in [5.74, 6) is 0. The van der Waals surface area contributed by atoms with Gasteiger partial charge in [-0.15, -0.1) is 18.2 Å². The van der Waals surface area contributed by atoms with Gasteiger partial charge in [0.15, 0.2) is 0 Å². The number of allylic oxidation sites excluding steroid dienone is 1. The summed E-state index contributed by atoms with van der Waals surface area (Å²) >= 11 is 5.91. The largest absolute Gasteiger partial charge is 0.118 e. The minimum absolute atomic E-state index is 0.190. The molecule has 0 aliphatic heterocycles. The van der Waals surface area contributed by atoms with Gasteiger partial charge in [-0.2, -0.15) is 0 Å². The van der Waals surface area contributed by atoms with Crippen molar-refractivity contribution < 1.29 is 0 Å². The SMILES string of the molecule is C=CC(Cl)CCCCCCCCC. The molecule has 13 heavy (non-hydrogen) atoms. The van der Waals surface area contributed by atoms with Gasteiger partial charge in [-0.1, -0.05) is 57.9 Å². The van der Waals surface area contributed by atoms with Crippen molar-refractivity contribution in [1.29, 1.82) is 0 Å². The van der Waals surface area contributed by atoms with Gasteiger partial charge in [-0.25, -0.2) is 0 Å². The maximum absolute atomic E-state index is 5.91. The third-order valence-corrected chi connectivity index (χ3v) is 2.74. The maximum Gasteiger partial charge on any atom is 0.0513 e. The van der Waals surface area contributed by atoms with Crippen LogP contribution in [-0.4, -0.2) is 5.38 Å². The van der Waals surface area contributed by atoms with Crippen molar-refractivity contribution in [1.82, 2.24) is 0 Å². The fourth-order valence-electron chi connectivity index (χ4n) is 1.41. The Labute approximate surface area is 88.4 Å². The van der Waals surface area contributed by atoms with E-state index in [2.05, 4.69) is 13.5 Å². The van der Waals surface area contributed by atoms with E-state index in [1.165, 1.54) is 44.9 Å². The van der Waals surface area contributed by atoms with Crippen LogP contribution in [0.5, 0.6) is 0 Å². The van der Waals surface area contributed by atoms with Crippen molar-refractivity contribution in [2.24, 2.45) is 0 Å². The average molecular weight is 203 g/mol. The number of hydrogen-bond acceptors (Lipinski definition) is 0. The second-order valence-electron chi connectivity index (χ2n) is 3.66. The zero-order chi connectivity index (χ0) is 9.94. The summed E-state index contributed by atoms with van der Waals surface area (Å²) in [4.78, 5) is 0. The summed E-state index contributed by atoms with van der Waals surface area (Å²) in [5.41, 5.74) is 0. The van der Waals surface area contributed by atoms with Crippen LogP contribution in [0.3, 0.4) is 0 Å². The third kappa shape index (κ3) is 9.95. The van der Waals surface area contributed by atoms with E-state index in [9.17, 15) is 0 Å². The number of halogens is 1. The first-order chi connectivity index (χ1) is 6.31. The van der Waals surface area contributed by atoms with Gasteiger partial charge in [0.2, 0.25) is 0 Å². The van der Waals surface area contributed by atoms with Gasteiger partial charge in [0.25, 0.3) is 0 Å². The second-order valence-corrected chi connectivity index (χ2v) is 4.22. The Morgan fingerprint density at radius 1 is 1.08 bits per heavy atom. The highest BCUT2D eigenvalue weighted by Gasteiger charge is 1.97. The highest BCUT2D eigenvalue weighted by molar-refractivity contribution is 6.21. The number of rotatable bonds is 9. The molecule has 0 spiro atoms. The first-order valence-electron chi connectivity index (χ1n) is 5.58. The molecule has 0 radical (unpaired) electrons.